The van der Waals surface area contributed by atoms with Gasteiger partial charge in [-0.1, -0.05) is 50.0 Å². The molecule has 5 nitrogen and oxygen atoms in total. The third kappa shape index (κ3) is 14.8. The molecule has 1 N–H and O–H groups in total. The molecule has 0 amide bonds. The van der Waals surface area contributed by atoms with Crippen LogP contribution in [-0.2, 0) is 19.0 Å². The summed E-state index contributed by atoms with van der Waals surface area (Å²) in [5, 5.41) is 10.0. The fourth-order valence-electron chi connectivity index (χ4n) is 3.52. The molecule has 1 saturated heterocycles. The zero-order valence-electron chi connectivity index (χ0n) is 19.3. The molecule has 0 aliphatic carbocycles. The summed E-state index contributed by atoms with van der Waals surface area (Å²) in [6.45, 7) is 3.53. The van der Waals surface area contributed by atoms with Gasteiger partial charge in [0.05, 0.1) is 19.8 Å². The second kappa shape index (κ2) is 18.6. The minimum absolute atomic E-state index is 0.0206. The van der Waals surface area contributed by atoms with E-state index in [0.29, 0.717) is 13.0 Å². The minimum Gasteiger partial charge on any atom is -0.469 e. The highest BCUT2D eigenvalue weighted by Crippen LogP contribution is 2.17. The van der Waals surface area contributed by atoms with Crippen molar-refractivity contribution in [3.63, 3.8) is 0 Å². The summed E-state index contributed by atoms with van der Waals surface area (Å²) in [5.41, 5.74) is 1.29. The molecule has 0 bridgehead atoms. The second-order valence-corrected chi connectivity index (χ2v) is 8.13. The van der Waals surface area contributed by atoms with Crippen LogP contribution in [-0.4, -0.2) is 43.8 Å². The van der Waals surface area contributed by atoms with E-state index in [2.05, 4.69) is 16.9 Å². The standard InChI is InChI=1S/C25H44O5/c1-3-23(26)21-22(16-14-20-30-25-18-12-13-19-29-25)15-10-8-6-4-5-7-9-11-17-24(27)28-2/h8,10,21,23,25-26H,3-7,9,11-20H2,1-2H3/b10-8+,22-21-. The van der Waals surface area contributed by atoms with Crippen LogP contribution in [0.4, 0.5) is 0 Å². The zero-order valence-corrected chi connectivity index (χ0v) is 19.3. The number of methoxy groups -OCH3 is 1. The Balaban J connectivity index is 2.15. The number of ether oxygens (including phenoxy) is 3. The van der Waals surface area contributed by atoms with Crippen LogP contribution < -0.4 is 0 Å². The first-order valence-electron chi connectivity index (χ1n) is 12.0. The molecule has 2 atom stereocenters. The molecule has 1 rings (SSSR count). The number of aliphatic hydroxyl groups is 1. The van der Waals surface area contributed by atoms with Crippen LogP contribution in [0, 0.1) is 0 Å². The Labute approximate surface area is 183 Å². The molecule has 1 fully saturated rings. The lowest BCUT2D eigenvalue weighted by Gasteiger charge is -2.22. The number of esters is 1. The molecule has 2 unspecified atom stereocenters. The van der Waals surface area contributed by atoms with Crippen molar-refractivity contribution < 1.29 is 24.1 Å². The maximum absolute atomic E-state index is 11.1. The fraction of sp³-hybridized carbons (Fsp3) is 0.800. The molecule has 1 heterocycles. The maximum Gasteiger partial charge on any atom is 0.305 e. The lowest BCUT2D eigenvalue weighted by Crippen LogP contribution is -2.22. The van der Waals surface area contributed by atoms with Gasteiger partial charge in [-0.25, -0.2) is 0 Å². The number of aliphatic hydroxyl groups excluding tert-OH is 1. The SMILES string of the molecule is CCC(O)/C=C(/C/C=C/CCCCCCCC(=O)OC)CCCOC1CCCCO1. The van der Waals surface area contributed by atoms with Crippen LogP contribution in [0.2, 0.25) is 0 Å². The Kier molecular flexibility index (Phi) is 16.6. The van der Waals surface area contributed by atoms with Gasteiger partial charge in [0.15, 0.2) is 6.29 Å². The topological polar surface area (TPSA) is 65.0 Å². The Morgan fingerprint density at radius 2 is 1.90 bits per heavy atom. The number of carbonyl (C=O) groups excluding carboxylic acids is 1. The Bertz CT molecular complexity index is 480. The summed E-state index contributed by atoms with van der Waals surface area (Å²) < 4.78 is 16.1. The highest BCUT2D eigenvalue weighted by molar-refractivity contribution is 5.68. The fourth-order valence-corrected chi connectivity index (χ4v) is 3.52. The lowest BCUT2D eigenvalue weighted by molar-refractivity contribution is -0.162. The van der Waals surface area contributed by atoms with E-state index >= 15 is 0 Å². The molecule has 30 heavy (non-hydrogen) atoms. The first-order valence-corrected chi connectivity index (χ1v) is 12.0. The number of hydrogen-bond acceptors (Lipinski definition) is 5. The van der Waals surface area contributed by atoms with Gasteiger partial charge in [0.2, 0.25) is 0 Å². The molecule has 0 aromatic carbocycles. The summed E-state index contributed by atoms with van der Waals surface area (Å²) in [4.78, 5) is 11.1. The number of unbranched alkanes of at least 4 members (excludes halogenated alkanes) is 5. The van der Waals surface area contributed by atoms with E-state index in [9.17, 15) is 9.90 Å². The van der Waals surface area contributed by atoms with E-state index in [1.165, 1.54) is 38.4 Å². The highest BCUT2D eigenvalue weighted by atomic mass is 16.7. The zero-order chi connectivity index (χ0) is 21.9. The molecule has 1 aliphatic rings. The van der Waals surface area contributed by atoms with Gasteiger partial charge in [0, 0.05) is 13.0 Å². The summed E-state index contributed by atoms with van der Waals surface area (Å²) in [7, 11) is 1.44. The van der Waals surface area contributed by atoms with Crippen LogP contribution >= 0.6 is 0 Å². The van der Waals surface area contributed by atoms with Crippen molar-refractivity contribution in [2.24, 2.45) is 0 Å². The Morgan fingerprint density at radius 3 is 2.63 bits per heavy atom. The summed E-state index contributed by atoms with van der Waals surface area (Å²) in [6, 6.07) is 0. The van der Waals surface area contributed by atoms with Crippen molar-refractivity contribution in [3.05, 3.63) is 23.8 Å². The number of hydrogen-bond donors (Lipinski definition) is 1. The van der Waals surface area contributed by atoms with Crippen molar-refractivity contribution in [2.45, 2.75) is 109 Å². The van der Waals surface area contributed by atoms with E-state index in [4.69, 9.17) is 9.47 Å². The van der Waals surface area contributed by atoms with E-state index in [-0.39, 0.29) is 18.4 Å². The minimum atomic E-state index is -0.360. The molecule has 5 heteroatoms. The van der Waals surface area contributed by atoms with Gasteiger partial charge in [0.25, 0.3) is 0 Å². The molecule has 0 saturated carbocycles. The normalized spacial score (nSPS) is 18.6. The molecular weight excluding hydrogens is 380 g/mol. The van der Waals surface area contributed by atoms with Gasteiger partial charge in [-0.3, -0.25) is 4.79 Å². The number of carbonyl (C=O) groups is 1. The van der Waals surface area contributed by atoms with E-state index < -0.39 is 0 Å². The molecule has 1 aliphatic heterocycles. The molecular formula is C25H44O5. The first-order chi connectivity index (χ1) is 14.7. The van der Waals surface area contributed by atoms with Crippen molar-refractivity contribution in [1.82, 2.24) is 0 Å². The van der Waals surface area contributed by atoms with Gasteiger partial charge in [-0.15, -0.1) is 0 Å². The summed E-state index contributed by atoms with van der Waals surface area (Å²) in [5.74, 6) is -0.108. The van der Waals surface area contributed by atoms with Gasteiger partial charge >= 0.3 is 5.97 Å². The summed E-state index contributed by atoms with van der Waals surface area (Å²) in [6.07, 6.45) is 20.2. The van der Waals surface area contributed by atoms with E-state index in [1.807, 2.05) is 13.0 Å². The van der Waals surface area contributed by atoms with Crippen molar-refractivity contribution in [2.75, 3.05) is 20.3 Å². The predicted octanol–water partition coefficient (Wildman–Crippen LogP) is 5.86. The third-order valence-corrected chi connectivity index (χ3v) is 5.46. The molecule has 174 valence electrons. The van der Waals surface area contributed by atoms with Gasteiger partial charge in [0.1, 0.15) is 0 Å². The van der Waals surface area contributed by atoms with Gasteiger partial charge in [-0.2, -0.15) is 0 Å². The van der Waals surface area contributed by atoms with Crippen molar-refractivity contribution in [1.29, 1.82) is 0 Å². The second-order valence-electron chi connectivity index (χ2n) is 8.13. The molecule has 0 radical (unpaired) electrons. The smallest absolute Gasteiger partial charge is 0.305 e. The third-order valence-electron chi connectivity index (χ3n) is 5.46. The van der Waals surface area contributed by atoms with Crippen LogP contribution in [0.5, 0.6) is 0 Å². The molecule has 0 spiro atoms. The van der Waals surface area contributed by atoms with Crippen LogP contribution in [0.3, 0.4) is 0 Å². The molecule has 0 aromatic heterocycles. The monoisotopic (exact) mass is 424 g/mol. The van der Waals surface area contributed by atoms with E-state index in [1.54, 1.807) is 0 Å². The van der Waals surface area contributed by atoms with Gasteiger partial charge < -0.3 is 19.3 Å². The predicted molar refractivity (Wildman–Crippen MR) is 121 cm³/mol. The number of rotatable bonds is 17. The number of allylic oxidation sites excluding steroid dienone is 3. The molecule has 0 aromatic rings. The summed E-state index contributed by atoms with van der Waals surface area (Å²) >= 11 is 0. The first kappa shape index (κ1) is 26.9. The van der Waals surface area contributed by atoms with Crippen molar-refractivity contribution >= 4 is 5.97 Å². The Hall–Kier alpha value is -1.17. The highest BCUT2D eigenvalue weighted by Gasteiger charge is 2.13. The van der Waals surface area contributed by atoms with Gasteiger partial charge in [-0.05, 0) is 64.2 Å². The average molecular weight is 425 g/mol. The quantitative estimate of drug-likeness (QED) is 0.180. The Morgan fingerprint density at radius 1 is 1.10 bits per heavy atom. The van der Waals surface area contributed by atoms with Crippen LogP contribution in [0.25, 0.3) is 0 Å². The van der Waals surface area contributed by atoms with Crippen molar-refractivity contribution in [3.8, 4) is 0 Å². The largest absolute Gasteiger partial charge is 0.469 e. The average Bonchev–Trinajstić information content (AvgIpc) is 2.77. The van der Waals surface area contributed by atoms with E-state index in [0.717, 1.165) is 64.4 Å². The van der Waals surface area contributed by atoms with Crippen LogP contribution in [0.15, 0.2) is 23.8 Å². The van der Waals surface area contributed by atoms with Crippen LogP contribution in [0.1, 0.15) is 96.8 Å². The lowest BCUT2D eigenvalue weighted by atomic mass is 10.0. The maximum atomic E-state index is 11.1.